The fourth-order valence-electron chi connectivity index (χ4n) is 2.06. The van der Waals surface area contributed by atoms with Crippen LogP contribution in [0, 0.1) is 0 Å². The second-order valence-corrected chi connectivity index (χ2v) is 6.81. The summed E-state index contributed by atoms with van der Waals surface area (Å²) >= 11 is 0. The Morgan fingerprint density at radius 1 is 1.53 bits per heavy atom. The van der Waals surface area contributed by atoms with E-state index in [2.05, 4.69) is 0 Å². The molecule has 17 heavy (non-hydrogen) atoms. The normalized spacial score (nSPS) is 24.8. The molecular weight excluding hydrogens is 242 g/mol. The molecule has 0 saturated carbocycles. The molecule has 1 aliphatic rings. The molecule has 1 saturated heterocycles. The first kappa shape index (κ1) is 14.4. The van der Waals surface area contributed by atoms with Gasteiger partial charge in [0.2, 0.25) is 0 Å². The van der Waals surface area contributed by atoms with Gasteiger partial charge in [-0.25, -0.2) is 8.42 Å². The molecule has 0 N–H and O–H groups in total. The van der Waals surface area contributed by atoms with Gasteiger partial charge in [-0.2, -0.15) is 0 Å². The smallest absolute Gasteiger partial charge is 0.307 e. The molecule has 1 rings (SSSR count). The Bertz CT molecular complexity index is 366. The lowest BCUT2D eigenvalue weighted by atomic mass is 10.1. The van der Waals surface area contributed by atoms with E-state index in [0.29, 0.717) is 19.4 Å². The van der Waals surface area contributed by atoms with Crippen LogP contribution in [0.3, 0.4) is 0 Å². The van der Waals surface area contributed by atoms with Crippen molar-refractivity contribution in [3.05, 3.63) is 0 Å². The number of carbonyl (C=O) groups is 1. The molecule has 0 aromatic carbocycles. The van der Waals surface area contributed by atoms with Gasteiger partial charge in [0.05, 0.1) is 24.5 Å². The number of hydrogen-bond acceptors (Lipinski definition) is 5. The summed E-state index contributed by atoms with van der Waals surface area (Å²) in [4.78, 5) is 13.3. The van der Waals surface area contributed by atoms with E-state index in [0.717, 1.165) is 0 Å². The summed E-state index contributed by atoms with van der Waals surface area (Å²) in [6.45, 7) is 4.07. The Morgan fingerprint density at radius 3 is 2.65 bits per heavy atom. The lowest BCUT2D eigenvalue weighted by molar-refractivity contribution is -0.144. The third-order valence-corrected chi connectivity index (χ3v) is 5.00. The Labute approximate surface area is 103 Å². The van der Waals surface area contributed by atoms with Gasteiger partial charge < -0.3 is 4.74 Å². The molecule has 0 bridgehead atoms. The fourth-order valence-corrected chi connectivity index (χ4v) is 3.85. The lowest BCUT2D eigenvalue weighted by Gasteiger charge is -2.29. The molecule has 1 aliphatic heterocycles. The van der Waals surface area contributed by atoms with Crippen LogP contribution in [-0.2, 0) is 19.4 Å². The monoisotopic (exact) mass is 263 g/mol. The Kier molecular flexibility index (Phi) is 4.94. The van der Waals surface area contributed by atoms with Gasteiger partial charge in [0.25, 0.3) is 0 Å². The summed E-state index contributed by atoms with van der Waals surface area (Å²) < 4.78 is 27.6. The summed E-state index contributed by atoms with van der Waals surface area (Å²) in [7, 11) is -1.00. The number of esters is 1. The predicted octanol–water partition coefficient (Wildman–Crippen LogP) is 0.447. The molecule has 100 valence electrons. The summed E-state index contributed by atoms with van der Waals surface area (Å²) in [5.74, 6) is 0.234. The topological polar surface area (TPSA) is 63.7 Å². The number of ether oxygens (including phenoxy) is 1. The molecule has 1 fully saturated rings. The Balaban J connectivity index is 2.47. The van der Waals surface area contributed by atoms with Crippen LogP contribution < -0.4 is 0 Å². The highest BCUT2D eigenvalue weighted by Gasteiger charge is 2.32. The number of carbonyl (C=O) groups excluding carboxylic acids is 1. The molecule has 5 nitrogen and oxygen atoms in total. The number of rotatable bonds is 5. The van der Waals surface area contributed by atoms with E-state index in [4.69, 9.17) is 4.74 Å². The van der Waals surface area contributed by atoms with Crippen molar-refractivity contribution < 1.29 is 17.9 Å². The summed E-state index contributed by atoms with van der Waals surface area (Å²) in [5.41, 5.74) is 0. The predicted molar refractivity (Wildman–Crippen MR) is 65.5 cm³/mol. The highest BCUT2D eigenvalue weighted by atomic mass is 32.2. The minimum Gasteiger partial charge on any atom is -0.466 e. The molecule has 2 atom stereocenters. The van der Waals surface area contributed by atoms with Gasteiger partial charge in [-0.1, -0.05) is 0 Å². The molecule has 6 heteroatoms. The zero-order valence-corrected chi connectivity index (χ0v) is 11.5. The van der Waals surface area contributed by atoms with E-state index in [1.165, 1.54) is 0 Å². The first-order chi connectivity index (χ1) is 7.85. The summed E-state index contributed by atoms with van der Waals surface area (Å²) in [5, 5.41) is 0. The summed E-state index contributed by atoms with van der Waals surface area (Å²) in [6, 6.07) is 0.0387. The maximum atomic E-state index is 11.4. The van der Waals surface area contributed by atoms with E-state index in [1.54, 1.807) is 6.92 Å². The van der Waals surface area contributed by atoms with Crippen molar-refractivity contribution >= 4 is 15.8 Å². The van der Waals surface area contributed by atoms with Gasteiger partial charge >= 0.3 is 5.97 Å². The molecule has 0 radical (unpaired) electrons. The van der Waals surface area contributed by atoms with Crippen molar-refractivity contribution in [3.8, 4) is 0 Å². The zero-order valence-electron chi connectivity index (χ0n) is 10.7. The molecule has 0 aromatic heterocycles. The lowest BCUT2D eigenvalue weighted by Crippen LogP contribution is -2.40. The highest BCUT2D eigenvalue weighted by Crippen LogP contribution is 2.19. The van der Waals surface area contributed by atoms with Crippen LogP contribution in [0.4, 0.5) is 0 Å². The van der Waals surface area contributed by atoms with Crippen molar-refractivity contribution in [2.24, 2.45) is 0 Å². The molecule has 0 amide bonds. The van der Waals surface area contributed by atoms with E-state index in [-0.39, 0.29) is 29.6 Å². The van der Waals surface area contributed by atoms with Gasteiger partial charge in [-0.3, -0.25) is 9.69 Å². The quantitative estimate of drug-likeness (QED) is 0.674. The van der Waals surface area contributed by atoms with Crippen LogP contribution in [0.5, 0.6) is 0 Å². The van der Waals surface area contributed by atoms with E-state index in [1.807, 2.05) is 18.9 Å². The molecule has 0 aliphatic carbocycles. The highest BCUT2D eigenvalue weighted by molar-refractivity contribution is 7.91. The third-order valence-electron chi connectivity index (χ3n) is 3.25. The van der Waals surface area contributed by atoms with Crippen molar-refractivity contribution in [1.82, 2.24) is 4.90 Å². The van der Waals surface area contributed by atoms with Crippen molar-refractivity contribution in [2.75, 3.05) is 25.2 Å². The van der Waals surface area contributed by atoms with Crippen molar-refractivity contribution in [3.63, 3.8) is 0 Å². The van der Waals surface area contributed by atoms with Gasteiger partial charge in [-0.15, -0.1) is 0 Å². The largest absolute Gasteiger partial charge is 0.466 e. The number of nitrogens with zero attached hydrogens (tertiary/aromatic N) is 1. The molecular formula is C11H21NO4S. The summed E-state index contributed by atoms with van der Waals surface area (Å²) in [6.07, 6.45) is 0.965. The van der Waals surface area contributed by atoms with Gasteiger partial charge in [0.1, 0.15) is 0 Å². The Hall–Kier alpha value is -0.620. The maximum absolute atomic E-state index is 11.4. The maximum Gasteiger partial charge on any atom is 0.307 e. The van der Waals surface area contributed by atoms with Crippen LogP contribution in [-0.4, -0.2) is 56.5 Å². The fraction of sp³-hybridized carbons (Fsp3) is 0.909. The first-order valence-electron chi connectivity index (χ1n) is 5.93. The standard InChI is InChI=1S/C11H21NO4S/c1-4-16-11(13)7-9(2)12(3)10-5-6-17(14,15)8-10/h9-10H,4-8H2,1-3H3. The van der Waals surface area contributed by atoms with Crippen LogP contribution in [0.15, 0.2) is 0 Å². The number of sulfone groups is 1. The van der Waals surface area contributed by atoms with E-state index < -0.39 is 9.84 Å². The SMILES string of the molecule is CCOC(=O)CC(C)N(C)C1CCS(=O)(=O)C1. The third kappa shape index (κ3) is 4.27. The molecule has 1 heterocycles. The van der Waals surface area contributed by atoms with Crippen LogP contribution >= 0.6 is 0 Å². The number of hydrogen-bond donors (Lipinski definition) is 0. The average Bonchev–Trinajstić information content (AvgIpc) is 2.58. The first-order valence-corrected chi connectivity index (χ1v) is 7.76. The van der Waals surface area contributed by atoms with E-state index in [9.17, 15) is 13.2 Å². The second-order valence-electron chi connectivity index (χ2n) is 4.58. The van der Waals surface area contributed by atoms with Gasteiger partial charge in [-0.05, 0) is 27.3 Å². The van der Waals surface area contributed by atoms with Gasteiger partial charge in [0, 0.05) is 12.1 Å². The Morgan fingerprint density at radius 2 is 2.18 bits per heavy atom. The van der Waals surface area contributed by atoms with Crippen LogP contribution in [0.2, 0.25) is 0 Å². The molecule has 0 aromatic rings. The minimum atomic E-state index is -2.87. The average molecular weight is 263 g/mol. The molecule has 0 spiro atoms. The van der Waals surface area contributed by atoms with Crippen molar-refractivity contribution in [2.45, 2.75) is 38.8 Å². The van der Waals surface area contributed by atoms with Crippen molar-refractivity contribution in [1.29, 1.82) is 0 Å². The minimum absolute atomic E-state index is 0.00681. The van der Waals surface area contributed by atoms with Gasteiger partial charge in [0.15, 0.2) is 9.84 Å². The zero-order chi connectivity index (χ0) is 13.1. The second kappa shape index (κ2) is 5.82. The van der Waals surface area contributed by atoms with Crippen LogP contribution in [0.25, 0.3) is 0 Å². The van der Waals surface area contributed by atoms with Crippen LogP contribution in [0.1, 0.15) is 26.7 Å². The molecule has 2 unspecified atom stereocenters. The van der Waals surface area contributed by atoms with E-state index >= 15 is 0 Å².